The third-order valence-corrected chi connectivity index (χ3v) is 5.63. The smallest absolute Gasteiger partial charge is 0.270 e. The van der Waals surface area contributed by atoms with Gasteiger partial charge in [-0.05, 0) is 12.5 Å². The van der Waals surface area contributed by atoms with E-state index in [1.807, 2.05) is 35.0 Å². The first-order chi connectivity index (χ1) is 15.6. The highest BCUT2D eigenvalue weighted by Gasteiger charge is 2.26. The van der Waals surface area contributed by atoms with Gasteiger partial charge < -0.3 is 10.1 Å². The molecular weight excluding hydrogens is 406 g/mol. The van der Waals surface area contributed by atoms with E-state index >= 15 is 0 Å². The Balaban J connectivity index is 1.35. The zero-order chi connectivity index (χ0) is 22.1. The van der Waals surface area contributed by atoms with Crippen molar-refractivity contribution >= 4 is 5.91 Å². The van der Waals surface area contributed by atoms with Gasteiger partial charge >= 0.3 is 0 Å². The number of nitrogens with one attached hydrogen (secondary N) is 1. The molecule has 5 rings (SSSR count). The van der Waals surface area contributed by atoms with Crippen molar-refractivity contribution in [2.45, 2.75) is 25.4 Å². The SMILES string of the molecule is COc1ccnc(-c2cnn(C)c2C(=O)NC2CCn3nc(-c4ccccc4)nc3C2)c1. The largest absolute Gasteiger partial charge is 0.497 e. The summed E-state index contributed by atoms with van der Waals surface area (Å²) in [4.78, 5) is 22.3. The Morgan fingerprint density at radius 3 is 2.88 bits per heavy atom. The Labute approximate surface area is 185 Å². The molecule has 0 aliphatic carbocycles. The maximum atomic E-state index is 13.2. The quantitative estimate of drug-likeness (QED) is 0.523. The molecule has 0 saturated carbocycles. The maximum Gasteiger partial charge on any atom is 0.270 e. The van der Waals surface area contributed by atoms with Crippen LogP contribution in [0.3, 0.4) is 0 Å². The van der Waals surface area contributed by atoms with E-state index in [4.69, 9.17) is 9.72 Å². The van der Waals surface area contributed by atoms with E-state index in [1.165, 1.54) is 0 Å². The van der Waals surface area contributed by atoms with Crippen molar-refractivity contribution in [2.75, 3.05) is 7.11 Å². The first-order valence-corrected chi connectivity index (χ1v) is 10.4. The highest BCUT2D eigenvalue weighted by molar-refractivity contribution is 5.99. The van der Waals surface area contributed by atoms with E-state index in [0.717, 1.165) is 17.8 Å². The lowest BCUT2D eigenvalue weighted by molar-refractivity contribution is 0.0921. The van der Waals surface area contributed by atoms with E-state index < -0.39 is 0 Å². The summed E-state index contributed by atoms with van der Waals surface area (Å²) in [5.74, 6) is 2.07. The predicted molar refractivity (Wildman–Crippen MR) is 118 cm³/mol. The minimum Gasteiger partial charge on any atom is -0.497 e. The molecule has 1 aliphatic rings. The predicted octanol–water partition coefficient (Wildman–Crippen LogP) is 2.49. The second-order valence-corrected chi connectivity index (χ2v) is 7.72. The summed E-state index contributed by atoms with van der Waals surface area (Å²) >= 11 is 0. The molecule has 32 heavy (non-hydrogen) atoms. The molecule has 0 bridgehead atoms. The molecule has 9 nitrogen and oxygen atoms in total. The third-order valence-electron chi connectivity index (χ3n) is 5.63. The van der Waals surface area contributed by atoms with Crippen LogP contribution in [-0.2, 0) is 20.0 Å². The minimum atomic E-state index is -0.189. The van der Waals surface area contributed by atoms with Crippen molar-refractivity contribution in [3.8, 4) is 28.4 Å². The van der Waals surface area contributed by atoms with Crippen LogP contribution in [0.25, 0.3) is 22.6 Å². The average molecular weight is 429 g/mol. The number of hydrogen-bond acceptors (Lipinski definition) is 6. The number of pyridine rings is 1. The molecule has 9 heteroatoms. The van der Waals surface area contributed by atoms with Crippen LogP contribution in [0.4, 0.5) is 0 Å². The van der Waals surface area contributed by atoms with Gasteiger partial charge in [0.2, 0.25) is 0 Å². The van der Waals surface area contributed by atoms with Gasteiger partial charge in [-0.15, -0.1) is 0 Å². The summed E-state index contributed by atoms with van der Waals surface area (Å²) in [7, 11) is 3.35. The van der Waals surface area contributed by atoms with Crippen LogP contribution in [0.1, 0.15) is 22.7 Å². The lowest BCUT2D eigenvalue weighted by atomic mass is 10.1. The van der Waals surface area contributed by atoms with Gasteiger partial charge in [-0.3, -0.25) is 14.5 Å². The topological polar surface area (TPSA) is 99.8 Å². The fraction of sp³-hybridized carbons (Fsp3) is 0.261. The fourth-order valence-electron chi connectivity index (χ4n) is 3.97. The Bertz CT molecular complexity index is 1260. The molecule has 3 aromatic heterocycles. The number of methoxy groups -OCH3 is 1. The van der Waals surface area contributed by atoms with Crippen molar-refractivity contribution in [3.05, 3.63) is 66.4 Å². The Morgan fingerprint density at radius 2 is 2.06 bits per heavy atom. The lowest BCUT2D eigenvalue weighted by Crippen LogP contribution is -2.41. The van der Waals surface area contributed by atoms with E-state index in [9.17, 15) is 4.79 Å². The number of fused-ring (bicyclic) bond motifs is 1. The second-order valence-electron chi connectivity index (χ2n) is 7.72. The zero-order valence-electron chi connectivity index (χ0n) is 17.9. The van der Waals surface area contributed by atoms with Crippen molar-refractivity contribution < 1.29 is 9.53 Å². The molecule has 1 amide bonds. The third kappa shape index (κ3) is 3.73. The summed E-state index contributed by atoms with van der Waals surface area (Å²) in [6.45, 7) is 0.704. The Morgan fingerprint density at radius 1 is 1.22 bits per heavy atom. The molecule has 0 spiro atoms. The van der Waals surface area contributed by atoms with E-state index in [2.05, 4.69) is 20.5 Å². The van der Waals surface area contributed by atoms with Gasteiger partial charge in [0.15, 0.2) is 5.82 Å². The average Bonchev–Trinajstić information content (AvgIpc) is 3.43. The molecule has 1 N–H and O–H groups in total. The van der Waals surface area contributed by atoms with Crippen LogP contribution >= 0.6 is 0 Å². The van der Waals surface area contributed by atoms with Crippen molar-refractivity contribution in [1.82, 2.24) is 34.8 Å². The number of benzene rings is 1. The number of aromatic nitrogens is 6. The molecule has 0 radical (unpaired) electrons. The van der Waals surface area contributed by atoms with Crippen LogP contribution in [0.5, 0.6) is 5.75 Å². The molecule has 162 valence electrons. The number of aryl methyl sites for hydroxylation is 2. The lowest BCUT2D eigenvalue weighted by Gasteiger charge is -2.23. The summed E-state index contributed by atoms with van der Waals surface area (Å²) < 4.78 is 8.79. The minimum absolute atomic E-state index is 0.0381. The van der Waals surface area contributed by atoms with Crippen molar-refractivity contribution in [2.24, 2.45) is 7.05 Å². The summed E-state index contributed by atoms with van der Waals surface area (Å²) in [6.07, 6.45) is 4.71. The van der Waals surface area contributed by atoms with Gasteiger partial charge in [0.05, 0.1) is 24.6 Å². The molecule has 1 aromatic carbocycles. The summed E-state index contributed by atoms with van der Waals surface area (Å²) in [5, 5.41) is 12.1. The van der Waals surface area contributed by atoms with Crippen LogP contribution in [0.2, 0.25) is 0 Å². The zero-order valence-corrected chi connectivity index (χ0v) is 17.9. The Hall–Kier alpha value is -4.01. The van der Waals surface area contributed by atoms with Crippen LogP contribution in [-0.4, -0.2) is 48.6 Å². The molecule has 1 aliphatic heterocycles. The van der Waals surface area contributed by atoms with E-state index in [1.54, 1.807) is 43.4 Å². The van der Waals surface area contributed by atoms with Crippen LogP contribution in [0.15, 0.2) is 54.9 Å². The van der Waals surface area contributed by atoms with Crippen molar-refractivity contribution in [3.63, 3.8) is 0 Å². The Kier molecular flexibility index (Phi) is 5.14. The van der Waals surface area contributed by atoms with Gasteiger partial charge in [0.25, 0.3) is 5.91 Å². The molecule has 0 saturated heterocycles. The van der Waals surface area contributed by atoms with Gasteiger partial charge in [-0.1, -0.05) is 30.3 Å². The number of rotatable bonds is 5. The first kappa shape index (κ1) is 19.9. The number of carbonyl (C=O) groups is 1. The molecule has 4 heterocycles. The second kappa shape index (κ2) is 8.26. The van der Waals surface area contributed by atoms with E-state index in [-0.39, 0.29) is 11.9 Å². The summed E-state index contributed by atoms with van der Waals surface area (Å²) in [6, 6.07) is 13.4. The monoisotopic (exact) mass is 429 g/mol. The number of hydrogen-bond donors (Lipinski definition) is 1. The maximum absolute atomic E-state index is 13.2. The number of nitrogens with zero attached hydrogens (tertiary/aromatic N) is 6. The summed E-state index contributed by atoms with van der Waals surface area (Å²) in [5.41, 5.74) is 2.75. The normalized spacial score (nSPS) is 15.2. The highest BCUT2D eigenvalue weighted by atomic mass is 16.5. The van der Waals surface area contributed by atoms with E-state index in [0.29, 0.717) is 41.5 Å². The van der Waals surface area contributed by atoms with Gasteiger partial charge in [0, 0.05) is 43.9 Å². The fourth-order valence-corrected chi connectivity index (χ4v) is 3.97. The molecule has 1 atom stereocenters. The molecular formula is C23H23N7O2. The van der Waals surface area contributed by atoms with Crippen molar-refractivity contribution in [1.29, 1.82) is 0 Å². The van der Waals surface area contributed by atoms with Gasteiger partial charge in [0.1, 0.15) is 17.3 Å². The van der Waals surface area contributed by atoms with Gasteiger partial charge in [-0.25, -0.2) is 9.67 Å². The number of amides is 1. The number of carbonyl (C=O) groups excluding carboxylic acids is 1. The van der Waals surface area contributed by atoms with Gasteiger partial charge in [-0.2, -0.15) is 10.2 Å². The van der Waals surface area contributed by atoms with Crippen LogP contribution < -0.4 is 10.1 Å². The van der Waals surface area contributed by atoms with Crippen LogP contribution in [0, 0.1) is 0 Å². The molecule has 1 unspecified atom stereocenters. The standard InChI is InChI=1S/C23H23N7O2/c1-29-21(18(14-25-29)19-13-17(32-2)8-10-24-19)23(31)26-16-9-11-30-20(12-16)27-22(28-30)15-6-4-3-5-7-15/h3-8,10,13-14,16H,9,11-12H2,1-2H3,(H,26,31). The highest BCUT2D eigenvalue weighted by Crippen LogP contribution is 2.25. The number of ether oxygens (including phenoxy) is 1. The molecule has 0 fully saturated rings. The molecule has 4 aromatic rings. The first-order valence-electron chi connectivity index (χ1n) is 10.4.